The average Bonchev–Trinajstić information content (AvgIpc) is 2.82. The molecule has 0 aliphatic rings. The van der Waals surface area contributed by atoms with Crippen molar-refractivity contribution in [1.82, 2.24) is 9.97 Å². The molecule has 0 saturated carbocycles. The zero-order valence-corrected chi connectivity index (χ0v) is 11.1. The van der Waals surface area contributed by atoms with Gasteiger partial charge in [0.2, 0.25) is 0 Å². The second-order valence-corrected chi connectivity index (χ2v) is 4.97. The fraction of sp³-hybridized carbons (Fsp3) is 0.0625. The number of benzene rings is 1. The van der Waals surface area contributed by atoms with Crippen LogP contribution in [0.2, 0.25) is 5.02 Å². The minimum Gasteiger partial charge on any atom is -0.361 e. The monoisotopic (exact) mass is 268 g/mol. The lowest BCUT2D eigenvalue weighted by molar-refractivity contribution is 1.20. The molecule has 0 aliphatic heterocycles. The minimum atomic E-state index is 0.738. The van der Waals surface area contributed by atoms with Gasteiger partial charge in [-0.05, 0) is 41.8 Å². The van der Waals surface area contributed by atoms with Gasteiger partial charge in [0, 0.05) is 40.1 Å². The molecule has 3 heteroatoms. The maximum atomic E-state index is 6.06. The van der Waals surface area contributed by atoms with Crippen LogP contribution in [0.1, 0.15) is 11.1 Å². The number of allylic oxidation sites excluding steroid dienone is 1. The first-order chi connectivity index (χ1) is 9.24. The third-order valence-electron chi connectivity index (χ3n) is 3.17. The van der Waals surface area contributed by atoms with Crippen LogP contribution in [0.3, 0.4) is 0 Å². The van der Waals surface area contributed by atoms with Crippen LogP contribution in [-0.4, -0.2) is 9.97 Å². The van der Waals surface area contributed by atoms with E-state index in [2.05, 4.69) is 22.6 Å². The fourth-order valence-corrected chi connectivity index (χ4v) is 2.40. The molecule has 3 aromatic rings. The highest BCUT2D eigenvalue weighted by molar-refractivity contribution is 6.31. The van der Waals surface area contributed by atoms with Gasteiger partial charge in [-0.2, -0.15) is 0 Å². The van der Waals surface area contributed by atoms with Crippen LogP contribution in [-0.2, 0) is 6.42 Å². The Labute approximate surface area is 116 Å². The van der Waals surface area contributed by atoms with Gasteiger partial charge in [-0.15, -0.1) is 0 Å². The number of halogens is 1. The van der Waals surface area contributed by atoms with E-state index in [1.807, 2.05) is 36.7 Å². The summed E-state index contributed by atoms with van der Waals surface area (Å²) >= 11 is 6.06. The van der Waals surface area contributed by atoms with Gasteiger partial charge in [0.25, 0.3) is 0 Å². The normalized spacial score (nSPS) is 10.8. The summed E-state index contributed by atoms with van der Waals surface area (Å²) in [5, 5.41) is 1.85. The highest BCUT2D eigenvalue weighted by Crippen LogP contribution is 2.28. The Kier molecular flexibility index (Phi) is 3.10. The summed E-state index contributed by atoms with van der Waals surface area (Å²) in [5.41, 5.74) is 4.40. The lowest BCUT2D eigenvalue weighted by atomic mass is 10.0. The van der Waals surface area contributed by atoms with Gasteiger partial charge in [0.1, 0.15) is 0 Å². The van der Waals surface area contributed by atoms with E-state index in [1.54, 1.807) is 6.20 Å². The largest absolute Gasteiger partial charge is 0.361 e. The second kappa shape index (κ2) is 4.90. The molecule has 1 aromatic carbocycles. The van der Waals surface area contributed by atoms with Crippen molar-refractivity contribution in [3.63, 3.8) is 0 Å². The van der Waals surface area contributed by atoms with E-state index < -0.39 is 0 Å². The number of hydrogen-bond donors (Lipinski definition) is 1. The van der Waals surface area contributed by atoms with E-state index in [0.29, 0.717) is 0 Å². The van der Waals surface area contributed by atoms with Crippen molar-refractivity contribution in [2.75, 3.05) is 0 Å². The lowest BCUT2D eigenvalue weighted by Gasteiger charge is -2.04. The smallest absolute Gasteiger partial charge is 0.0461 e. The van der Waals surface area contributed by atoms with Crippen LogP contribution in [0.5, 0.6) is 0 Å². The summed E-state index contributed by atoms with van der Waals surface area (Å²) in [6, 6.07) is 9.83. The van der Waals surface area contributed by atoms with Crippen LogP contribution in [0, 0.1) is 0 Å². The molecule has 1 N–H and O–H groups in total. The van der Waals surface area contributed by atoms with Gasteiger partial charge >= 0.3 is 0 Å². The van der Waals surface area contributed by atoms with Crippen molar-refractivity contribution in [1.29, 1.82) is 0 Å². The number of hydrogen-bond acceptors (Lipinski definition) is 1. The van der Waals surface area contributed by atoms with Gasteiger partial charge < -0.3 is 4.98 Å². The van der Waals surface area contributed by atoms with E-state index in [0.717, 1.165) is 39.0 Å². The van der Waals surface area contributed by atoms with Crippen molar-refractivity contribution in [3.05, 3.63) is 71.7 Å². The van der Waals surface area contributed by atoms with Gasteiger partial charge in [-0.1, -0.05) is 24.2 Å². The number of aromatic amines is 1. The Morgan fingerprint density at radius 2 is 2.21 bits per heavy atom. The first-order valence-electron chi connectivity index (χ1n) is 6.08. The second-order valence-electron chi connectivity index (χ2n) is 4.53. The first-order valence-corrected chi connectivity index (χ1v) is 6.45. The summed E-state index contributed by atoms with van der Waals surface area (Å²) in [5.74, 6) is 0. The lowest BCUT2D eigenvalue weighted by Crippen LogP contribution is -1.89. The number of pyridine rings is 1. The molecule has 0 spiro atoms. The zero-order valence-electron chi connectivity index (χ0n) is 10.4. The molecule has 19 heavy (non-hydrogen) atoms. The Balaban J connectivity index is 1.96. The Hall–Kier alpha value is -2.06. The van der Waals surface area contributed by atoms with Crippen molar-refractivity contribution in [3.8, 4) is 0 Å². The highest BCUT2D eigenvalue weighted by Gasteiger charge is 2.08. The van der Waals surface area contributed by atoms with E-state index >= 15 is 0 Å². The standard InChI is InChI=1S/C16H13ClN2/c1-11(7-12-3-2-6-18-9-12)15-10-19-16-5-4-13(17)8-14(15)16/h2-6,8-10,19H,1,7H2. The number of fused-ring (bicyclic) bond motifs is 1. The van der Waals surface area contributed by atoms with Crippen molar-refractivity contribution in [2.45, 2.75) is 6.42 Å². The molecular weight excluding hydrogens is 256 g/mol. The summed E-state index contributed by atoms with van der Waals surface area (Å²) in [4.78, 5) is 7.37. The maximum absolute atomic E-state index is 6.06. The van der Waals surface area contributed by atoms with Crippen LogP contribution in [0.4, 0.5) is 0 Å². The summed E-state index contributed by atoms with van der Waals surface area (Å²) < 4.78 is 0. The third kappa shape index (κ3) is 2.40. The molecule has 0 aliphatic carbocycles. The predicted octanol–water partition coefficient (Wildman–Crippen LogP) is 4.47. The molecule has 0 saturated heterocycles. The van der Waals surface area contributed by atoms with E-state index in [4.69, 9.17) is 11.6 Å². The van der Waals surface area contributed by atoms with E-state index in [-0.39, 0.29) is 0 Å². The Morgan fingerprint density at radius 1 is 1.32 bits per heavy atom. The molecular formula is C16H13ClN2. The molecule has 2 heterocycles. The molecule has 3 rings (SSSR count). The molecule has 0 bridgehead atoms. The predicted molar refractivity (Wildman–Crippen MR) is 80.3 cm³/mol. The number of aromatic nitrogens is 2. The quantitative estimate of drug-likeness (QED) is 0.746. The summed E-state index contributed by atoms with van der Waals surface area (Å²) in [6.45, 7) is 4.18. The molecule has 2 aromatic heterocycles. The molecule has 0 radical (unpaired) electrons. The molecule has 2 nitrogen and oxygen atoms in total. The van der Waals surface area contributed by atoms with Gasteiger partial charge in [-0.3, -0.25) is 4.98 Å². The van der Waals surface area contributed by atoms with Crippen LogP contribution in [0.25, 0.3) is 16.5 Å². The molecule has 0 amide bonds. The van der Waals surface area contributed by atoms with Crippen LogP contribution >= 0.6 is 11.6 Å². The molecule has 0 atom stereocenters. The number of rotatable bonds is 3. The van der Waals surface area contributed by atoms with Crippen molar-refractivity contribution < 1.29 is 0 Å². The number of nitrogens with zero attached hydrogens (tertiary/aromatic N) is 1. The Morgan fingerprint density at radius 3 is 3.00 bits per heavy atom. The highest BCUT2D eigenvalue weighted by atomic mass is 35.5. The summed E-state index contributed by atoms with van der Waals surface area (Å²) in [7, 11) is 0. The molecule has 0 fully saturated rings. The van der Waals surface area contributed by atoms with Gasteiger partial charge in [0.05, 0.1) is 0 Å². The van der Waals surface area contributed by atoms with E-state index in [1.165, 1.54) is 0 Å². The third-order valence-corrected chi connectivity index (χ3v) is 3.40. The molecule has 0 unspecified atom stereocenters. The topological polar surface area (TPSA) is 28.7 Å². The SMILES string of the molecule is C=C(Cc1cccnc1)c1c[nH]c2ccc(Cl)cc12. The minimum absolute atomic E-state index is 0.738. The van der Waals surface area contributed by atoms with E-state index in [9.17, 15) is 0 Å². The number of H-pyrrole nitrogens is 1. The number of nitrogens with one attached hydrogen (secondary N) is 1. The van der Waals surface area contributed by atoms with Crippen LogP contribution < -0.4 is 0 Å². The van der Waals surface area contributed by atoms with Gasteiger partial charge in [0.15, 0.2) is 0 Å². The van der Waals surface area contributed by atoms with Gasteiger partial charge in [-0.25, -0.2) is 0 Å². The maximum Gasteiger partial charge on any atom is 0.0461 e. The summed E-state index contributed by atoms with van der Waals surface area (Å²) in [6.07, 6.45) is 6.41. The van der Waals surface area contributed by atoms with Crippen molar-refractivity contribution in [2.24, 2.45) is 0 Å². The molecule has 94 valence electrons. The van der Waals surface area contributed by atoms with Crippen LogP contribution in [0.15, 0.2) is 55.5 Å². The Bertz CT molecular complexity index is 729. The average molecular weight is 269 g/mol. The first kappa shape index (κ1) is 12.0. The fourth-order valence-electron chi connectivity index (χ4n) is 2.23. The zero-order chi connectivity index (χ0) is 13.2. The van der Waals surface area contributed by atoms with Crippen molar-refractivity contribution >= 4 is 28.1 Å².